The summed E-state index contributed by atoms with van der Waals surface area (Å²) in [4.78, 5) is 5.29. The smallest absolute Gasteiger partial charge is 0.122 e. The van der Waals surface area contributed by atoms with Gasteiger partial charge in [0.1, 0.15) is 5.75 Å². The number of hydrogen-bond acceptors (Lipinski definition) is 5. The van der Waals surface area contributed by atoms with Crippen molar-refractivity contribution in [3.8, 4) is 5.75 Å². The minimum absolute atomic E-state index is 0.178. The van der Waals surface area contributed by atoms with Crippen molar-refractivity contribution in [2.24, 2.45) is 5.84 Å². The molecule has 0 radical (unpaired) electrons. The summed E-state index contributed by atoms with van der Waals surface area (Å²) >= 11 is 1.64. The molecular formula is C14H17N3OS. The number of ether oxygens (including phenoxy) is 1. The van der Waals surface area contributed by atoms with E-state index in [1.807, 2.05) is 11.7 Å². The zero-order chi connectivity index (χ0) is 13.1. The van der Waals surface area contributed by atoms with Gasteiger partial charge in [0, 0.05) is 17.5 Å². The summed E-state index contributed by atoms with van der Waals surface area (Å²) in [6.45, 7) is 0.812. The lowest BCUT2D eigenvalue weighted by Crippen LogP contribution is -2.27. The Kier molecular flexibility index (Phi) is 3.77. The third-order valence-corrected chi connectivity index (χ3v) is 4.36. The van der Waals surface area contributed by atoms with Gasteiger partial charge in [-0.25, -0.2) is 0 Å². The monoisotopic (exact) mass is 275 g/mol. The van der Waals surface area contributed by atoms with Crippen LogP contribution in [-0.2, 0) is 12.8 Å². The first-order valence-electron chi connectivity index (χ1n) is 6.46. The number of nitrogens with two attached hydrogens (primary N) is 1. The molecule has 0 bridgehead atoms. The van der Waals surface area contributed by atoms with E-state index in [9.17, 15) is 0 Å². The summed E-state index contributed by atoms with van der Waals surface area (Å²) in [5.74, 6) is 6.67. The highest BCUT2D eigenvalue weighted by Gasteiger charge is 2.14. The molecule has 1 aliphatic rings. The molecule has 2 aromatic rings. The van der Waals surface area contributed by atoms with E-state index in [4.69, 9.17) is 10.6 Å². The number of rotatable bonds is 5. The topological polar surface area (TPSA) is 60.2 Å². The molecule has 5 heteroatoms. The number of nitrogens with one attached hydrogen (secondary N) is 1. The molecule has 3 rings (SSSR count). The third-order valence-electron chi connectivity index (χ3n) is 3.47. The fraction of sp³-hybridized carbons (Fsp3) is 0.357. The number of nitrogens with zero attached hydrogens (tertiary/aromatic N) is 1. The van der Waals surface area contributed by atoms with Gasteiger partial charge < -0.3 is 4.74 Å². The fourth-order valence-electron chi connectivity index (χ4n) is 2.41. The number of hydrazine groups is 1. The third kappa shape index (κ3) is 2.78. The molecule has 1 aromatic heterocycles. The van der Waals surface area contributed by atoms with Crippen molar-refractivity contribution in [1.82, 2.24) is 10.4 Å². The van der Waals surface area contributed by atoms with E-state index in [2.05, 4.69) is 28.6 Å². The molecule has 0 spiro atoms. The zero-order valence-corrected chi connectivity index (χ0v) is 11.5. The van der Waals surface area contributed by atoms with Crippen molar-refractivity contribution in [2.45, 2.75) is 25.3 Å². The molecule has 1 aromatic carbocycles. The second-order valence-corrected chi connectivity index (χ2v) is 5.62. The van der Waals surface area contributed by atoms with Gasteiger partial charge in [-0.2, -0.15) is 0 Å². The molecule has 3 N–H and O–H groups in total. The molecule has 2 heterocycles. The van der Waals surface area contributed by atoms with E-state index in [1.54, 1.807) is 11.3 Å². The van der Waals surface area contributed by atoms with Crippen molar-refractivity contribution in [3.05, 3.63) is 45.9 Å². The number of aromatic nitrogens is 1. The summed E-state index contributed by atoms with van der Waals surface area (Å²) in [7, 11) is 0. The van der Waals surface area contributed by atoms with Gasteiger partial charge in [0.05, 0.1) is 18.2 Å². The molecule has 19 heavy (non-hydrogen) atoms. The largest absolute Gasteiger partial charge is 0.493 e. The van der Waals surface area contributed by atoms with Gasteiger partial charge in [-0.05, 0) is 30.0 Å². The van der Waals surface area contributed by atoms with Crippen molar-refractivity contribution >= 4 is 11.3 Å². The van der Waals surface area contributed by atoms with E-state index >= 15 is 0 Å². The molecule has 1 atom stereocenters. The van der Waals surface area contributed by atoms with Crippen LogP contribution in [0.4, 0.5) is 0 Å². The van der Waals surface area contributed by atoms with Crippen LogP contribution in [0.15, 0.2) is 29.9 Å². The first-order chi connectivity index (χ1) is 9.36. The quantitative estimate of drug-likeness (QED) is 0.649. The summed E-state index contributed by atoms with van der Waals surface area (Å²) < 4.78 is 5.52. The lowest BCUT2D eigenvalue weighted by molar-refractivity contribution is 0.357. The molecule has 0 fully saturated rings. The van der Waals surface area contributed by atoms with Gasteiger partial charge in [-0.15, -0.1) is 11.3 Å². The Morgan fingerprint density at radius 3 is 3.21 bits per heavy atom. The van der Waals surface area contributed by atoms with E-state index in [0.29, 0.717) is 0 Å². The molecule has 1 aliphatic heterocycles. The Labute approximate surface area is 116 Å². The molecule has 0 aliphatic carbocycles. The second-order valence-electron chi connectivity index (χ2n) is 4.70. The molecule has 0 amide bonds. The Bertz CT molecular complexity index is 542. The number of fused-ring (bicyclic) bond motifs is 1. The highest BCUT2D eigenvalue weighted by molar-refractivity contribution is 7.09. The van der Waals surface area contributed by atoms with Crippen LogP contribution in [0.25, 0.3) is 0 Å². The van der Waals surface area contributed by atoms with Gasteiger partial charge in [-0.3, -0.25) is 16.3 Å². The lowest BCUT2D eigenvalue weighted by Gasteiger charge is -2.13. The standard InChI is InChI=1S/C14H17N3OS/c15-17-12(14-8-16-9-19-14)3-1-10-2-4-13-11(7-10)5-6-18-13/h2,4,7-9,12,17H,1,3,5-6,15H2. The Balaban J connectivity index is 1.65. The number of aryl methyl sites for hydroxylation is 1. The number of benzene rings is 1. The normalized spacial score (nSPS) is 15.0. The molecule has 0 saturated carbocycles. The average Bonchev–Trinajstić information content (AvgIpc) is 3.10. The maximum Gasteiger partial charge on any atom is 0.122 e. The van der Waals surface area contributed by atoms with Crippen molar-refractivity contribution in [2.75, 3.05) is 6.61 Å². The van der Waals surface area contributed by atoms with Crippen LogP contribution in [0.1, 0.15) is 28.5 Å². The van der Waals surface area contributed by atoms with Crippen LogP contribution in [0.3, 0.4) is 0 Å². The molecule has 100 valence electrons. The summed E-state index contributed by atoms with van der Waals surface area (Å²) in [5.41, 5.74) is 7.38. The maximum atomic E-state index is 5.63. The Morgan fingerprint density at radius 1 is 1.47 bits per heavy atom. The Morgan fingerprint density at radius 2 is 2.42 bits per heavy atom. The molecule has 0 saturated heterocycles. The first-order valence-corrected chi connectivity index (χ1v) is 7.34. The molecule has 1 unspecified atom stereocenters. The van der Waals surface area contributed by atoms with Crippen molar-refractivity contribution in [1.29, 1.82) is 0 Å². The second kappa shape index (κ2) is 5.69. The van der Waals surface area contributed by atoms with Crippen LogP contribution in [0, 0.1) is 0 Å². The van der Waals surface area contributed by atoms with E-state index in [0.717, 1.165) is 31.6 Å². The fourth-order valence-corrected chi connectivity index (χ4v) is 3.13. The van der Waals surface area contributed by atoms with Gasteiger partial charge in [0.15, 0.2) is 0 Å². The van der Waals surface area contributed by atoms with Crippen LogP contribution in [-0.4, -0.2) is 11.6 Å². The summed E-state index contributed by atoms with van der Waals surface area (Å²) in [6, 6.07) is 6.65. The van der Waals surface area contributed by atoms with Gasteiger partial charge >= 0.3 is 0 Å². The summed E-state index contributed by atoms with van der Waals surface area (Å²) in [5, 5.41) is 0. The molecular weight excluding hydrogens is 258 g/mol. The van der Waals surface area contributed by atoms with Crippen LogP contribution >= 0.6 is 11.3 Å². The summed E-state index contributed by atoms with van der Waals surface area (Å²) in [6.07, 6.45) is 4.88. The predicted molar refractivity (Wildman–Crippen MR) is 76.1 cm³/mol. The zero-order valence-electron chi connectivity index (χ0n) is 10.6. The van der Waals surface area contributed by atoms with Crippen LogP contribution in [0.5, 0.6) is 5.75 Å². The van der Waals surface area contributed by atoms with Gasteiger partial charge in [0.2, 0.25) is 0 Å². The Hall–Kier alpha value is -1.43. The lowest BCUT2D eigenvalue weighted by atomic mass is 10.0. The number of hydrogen-bond donors (Lipinski definition) is 2. The van der Waals surface area contributed by atoms with Crippen LogP contribution < -0.4 is 16.0 Å². The molecule has 4 nitrogen and oxygen atoms in total. The van der Waals surface area contributed by atoms with Crippen molar-refractivity contribution in [3.63, 3.8) is 0 Å². The van der Waals surface area contributed by atoms with Crippen LogP contribution in [0.2, 0.25) is 0 Å². The SMILES string of the molecule is NNC(CCc1ccc2c(c1)CCO2)c1cncs1. The van der Waals surface area contributed by atoms with Crippen molar-refractivity contribution < 1.29 is 4.74 Å². The average molecular weight is 275 g/mol. The van der Waals surface area contributed by atoms with E-state index in [-0.39, 0.29) is 6.04 Å². The van der Waals surface area contributed by atoms with E-state index in [1.165, 1.54) is 16.0 Å². The highest BCUT2D eigenvalue weighted by Crippen LogP contribution is 2.27. The minimum atomic E-state index is 0.178. The van der Waals surface area contributed by atoms with Gasteiger partial charge in [-0.1, -0.05) is 12.1 Å². The highest BCUT2D eigenvalue weighted by atomic mass is 32.1. The maximum absolute atomic E-state index is 5.63. The minimum Gasteiger partial charge on any atom is -0.493 e. The predicted octanol–water partition coefficient (Wildman–Crippen LogP) is 2.22. The number of thiazole rings is 1. The van der Waals surface area contributed by atoms with Gasteiger partial charge in [0.25, 0.3) is 0 Å². The first kappa shape index (κ1) is 12.6. The van der Waals surface area contributed by atoms with E-state index < -0.39 is 0 Å².